The molecular weight excluding hydrogens is 448 g/mol. The Balaban J connectivity index is 1.16. The molecule has 0 spiro atoms. The molecule has 1 saturated carbocycles. The summed E-state index contributed by atoms with van der Waals surface area (Å²) in [4.78, 5) is 0. The Labute approximate surface area is 206 Å². The van der Waals surface area contributed by atoms with Crippen LogP contribution in [0.15, 0.2) is 42.5 Å². The van der Waals surface area contributed by atoms with E-state index in [0.717, 1.165) is 43.6 Å². The molecule has 0 aromatic heterocycles. The SMILES string of the molecule is O[C@H]1[C@H](O)[C@@H](COc2cccc3c2CCCC3)O[C@H](O)[C@@H]1Oc1ccc(OC2CCCCC2)cc1. The van der Waals surface area contributed by atoms with Crippen molar-refractivity contribution in [3.8, 4) is 17.2 Å². The average molecular weight is 485 g/mol. The van der Waals surface area contributed by atoms with Gasteiger partial charge in [-0.3, -0.25) is 0 Å². The van der Waals surface area contributed by atoms with Gasteiger partial charge in [0.1, 0.15) is 42.2 Å². The molecule has 0 bridgehead atoms. The number of ether oxygens (including phenoxy) is 4. The highest BCUT2D eigenvalue weighted by Gasteiger charge is 2.45. The molecule has 7 heteroatoms. The molecular formula is C28H36O7. The second kappa shape index (κ2) is 11.2. The molecule has 2 aromatic carbocycles. The lowest BCUT2D eigenvalue weighted by Gasteiger charge is -2.40. The van der Waals surface area contributed by atoms with Gasteiger partial charge in [-0.05, 0) is 92.8 Å². The average Bonchev–Trinajstić information content (AvgIpc) is 2.89. The van der Waals surface area contributed by atoms with E-state index in [9.17, 15) is 15.3 Å². The molecule has 35 heavy (non-hydrogen) atoms. The molecule has 5 rings (SSSR count). The molecule has 1 heterocycles. The van der Waals surface area contributed by atoms with Crippen LogP contribution in [0.3, 0.4) is 0 Å². The van der Waals surface area contributed by atoms with Gasteiger partial charge >= 0.3 is 0 Å². The third-order valence-corrected chi connectivity index (χ3v) is 7.37. The summed E-state index contributed by atoms with van der Waals surface area (Å²) >= 11 is 0. The van der Waals surface area contributed by atoms with Gasteiger partial charge in [-0.15, -0.1) is 0 Å². The molecule has 2 aliphatic carbocycles. The van der Waals surface area contributed by atoms with Crippen molar-refractivity contribution in [1.82, 2.24) is 0 Å². The van der Waals surface area contributed by atoms with Crippen LogP contribution in [0.2, 0.25) is 0 Å². The van der Waals surface area contributed by atoms with E-state index in [1.54, 1.807) is 12.1 Å². The first-order valence-corrected chi connectivity index (χ1v) is 12.9. The van der Waals surface area contributed by atoms with E-state index in [1.807, 2.05) is 24.3 Å². The summed E-state index contributed by atoms with van der Waals surface area (Å²) in [6.07, 6.45) is 4.35. The maximum absolute atomic E-state index is 10.7. The fourth-order valence-electron chi connectivity index (χ4n) is 5.37. The van der Waals surface area contributed by atoms with Crippen LogP contribution < -0.4 is 14.2 Å². The van der Waals surface area contributed by atoms with Crippen LogP contribution in [0.4, 0.5) is 0 Å². The van der Waals surface area contributed by atoms with Gasteiger partial charge in [-0.25, -0.2) is 0 Å². The monoisotopic (exact) mass is 484 g/mol. The summed E-state index contributed by atoms with van der Waals surface area (Å²) < 4.78 is 23.4. The third-order valence-electron chi connectivity index (χ3n) is 7.37. The Morgan fingerprint density at radius 1 is 0.771 bits per heavy atom. The topological polar surface area (TPSA) is 97.6 Å². The van der Waals surface area contributed by atoms with E-state index in [4.69, 9.17) is 18.9 Å². The lowest BCUT2D eigenvalue weighted by molar-refractivity contribution is -0.279. The first-order chi connectivity index (χ1) is 17.1. The fraction of sp³-hybridized carbons (Fsp3) is 0.571. The number of fused-ring (bicyclic) bond motifs is 1. The Morgan fingerprint density at radius 2 is 1.49 bits per heavy atom. The van der Waals surface area contributed by atoms with Gasteiger partial charge in [-0.2, -0.15) is 0 Å². The number of benzene rings is 2. The second-order valence-corrected chi connectivity index (χ2v) is 9.89. The predicted molar refractivity (Wildman–Crippen MR) is 130 cm³/mol. The number of aliphatic hydroxyl groups is 3. The lowest BCUT2D eigenvalue weighted by Crippen LogP contribution is -2.60. The van der Waals surface area contributed by atoms with E-state index in [2.05, 4.69) is 6.07 Å². The molecule has 190 valence electrons. The predicted octanol–water partition coefficient (Wildman–Crippen LogP) is 3.54. The van der Waals surface area contributed by atoms with Crippen molar-refractivity contribution < 1.29 is 34.3 Å². The fourth-order valence-corrected chi connectivity index (χ4v) is 5.37. The summed E-state index contributed by atoms with van der Waals surface area (Å²) in [7, 11) is 0. The number of hydrogen-bond donors (Lipinski definition) is 3. The minimum Gasteiger partial charge on any atom is -0.490 e. The van der Waals surface area contributed by atoms with Gasteiger partial charge in [0.15, 0.2) is 12.4 Å². The Bertz CT molecular complexity index is 956. The van der Waals surface area contributed by atoms with Gasteiger partial charge < -0.3 is 34.3 Å². The standard InChI is InChI=1S/C28H36O7/c29-25-24(17-32-23-12-6-8-18-7-4-5-11-22(18)23)35-28(31)27(26(25)30)34-21-15-13-20(14-16-21)33-19-9-2-1-3-10-19/h6,8,12-16,19,24-31H,1-5,7,9-11,17H2/t24-,25-,26+,27-,28+/m1/s1. The highest BCUT2D eigenvalue weighted by molar-refractivity contribution is 5.41. The van der Waals surface area contributed by atoms with E-state index in [0.29, 0.717) is 5.75 Å². The molecule has 0 radical (unpaired) electrons. The number of hydrogen-bond acceptors (Lipinski definition) is 7. The third kappa shape index (κ3) is 5.75. The zero-order valence-corrected chi connectivity index (χ0v) is 20.1. The first kappa shape index (κ1) is 24.4. The molecule has 3 N–H and O–H groups in total. The van der Waals surface area contributed by atoms with Crippen molar-refractivity contribution in [2.24, 2.45) is 0 Å². The minimum absolute atomic E-state index is 0.0195. The van der Waals surface area contributed by atoms with Crippen molar-refractivity contribution in [2.75, 3.05) is 6.61 Å². The Morgan fingerprint density at radius 3 is 2.26 bits per heavy atom. The molecule has 1 saturated heterocycles. The smallest absolute Gasteiger partial charge is 0.195 e. The molecule has 0 unspecified atom stereocenters. The van der Waals surface area contributed by atoms with Gasteiger partial charge in [0, 0.05) is 0 Å². The first-order valence-electron chi connectivity index (χ1n) is 12.9. The molecule has 2 aromatic rings. The Kier molecular flexibility index (Phi) is 7.78. The number of rotatable bonds is 7. The van der Waals surface area contributed by atoms with Crippen molar-refractivity contribution in [3.63, 3.8) is 0 Å². The van der Waals surface area contributed by atoms with Gasteiger partial charge in [-0.1, -0.05) is 18.6 Å². The summed E-state index contributed by atoms with van der Waals surface area (Å²) in [6.45, 7) is 0.0195. The molecule has 0 amide bonds. The Hall–Kier alpha value is -2.32. The molecule has 5 atom stereocenters. The van der Waals surface area contributed by atoms with Crippen LogP contribution in [0.25, 0.3) is 0 Å². The van der Waals surface area contributed by atoms with Crippen LogP contribution in [0.1, 0.15) is 56.1 Å². The second-order valence-electron chi connectivity index (χ2n) is 9.89. The van der Waals surface area contributed by atoms with Gasteiger partial charge in [0.2, 0.25) is 0 Å². The van der Waals surface area contributed by atoms with Crippen LogP contribution in [-0.4, -0.2) is 58.7 Å². The van der Waals surface area contributed by atoms with Crippen LogP contribution in [0.5, 0.6) is 17.2 Å². The highest BCUT2D eigenvalue weighted by Crippen LogP contribution is 2.31. The van der Waals surface area contributed by atoms with E-state index >= 15 is 0 Å². The van der Waals surface area contributed by atoms with Crippen molar-refractivity contribution in [2.45, 2.75) is 94.6 Å². The highest BCUT2D eigenvalue weighted by atomic mass is 16.7. The zero-order valence-electron chi connectivity index (χ0n) is 20.1. The summed E-state index contributed by atoms with van der Waals surface area (Å²) in [5.74, 6) is 1.99. The number of aliphatic hydroxyl groups excluding tert-OH is 3. The lowest BCUT2D eigenvalue weighted by atomic mass is 9.91. The summed E-state index contributed by atoms with van der Waals surface area (Å²) in [6, 6.07) is 13.1. The molecule has 7 nitrogen and oxygen atoms in total. The van der Waals surface area contributed by atoms with Crippen LogP contribution >= 0.6 is 0 Å². The number of aryl methyl sites for hydroxylation is 1. The van der Waals surface area contributed by atoms with Crippen molar-refractivity contribution in [3.05, 3.63) is 53.6 Å². The molecule has 1 aliphatic heterocycles. The van der Waals surface area contributed by atoms with E-state index < -0.39 is 30.7 Å². The summed E-state index contributed by atoms with van der Waals surface area (Å²) in [5, 5.41) is 31.9. The van der Waals surface area contributed by atoms with E-state index in [-0.39, 0.29) is 12.7 Å². The van der Waals surface area contributed by atoms with Gasteiger partial charge in [0.05, 0.1) is 6.10 Å². The normalized spacial score (nSPS) is 29.3. The largest absolute Gasteiger partial charge is 0.490 e. The maximum atomic E-state index is 10.7. The summed E-state index contributed by atoms with van der Waals surface area (Å²) in [5.41, 5.74) is 2.49. The van der Waals surface area contributed by atoms with Crippen molar-refractivity contribution >= 4 is 0 Å². The van der Waals surface area contributed by atoms with Gasteiger partial charge in [0.25, 0.3) is 0 Å². The maximum Gasteiger partial charge on any atom is 0.195 e. The van der Waals surface area contributed by atoms with Crippen LogP contribution in [-0.2, 0) is 17.6 Å². The van der Waals surface area contributed by atoms with Crippen LogP contribution in [0, 0.1) is 0 Å². The van der Waals surface area contributed by atoms with E-state index in [1.165, 1.54) is 36.8 Å². The molecule has 3 aliphatic rings. The quantitative estimate of drug-likeness (QED) is 0.553. The van der Waals surface area contributed by atoms with Crippen molar-refractivity contribution in [1.29, 1.82) is 0 Å². The molecule has 2 fully saturated rings. The zero-order chi connectivity index (χ0) is 24.2. The minimum atomic E-state index is -1.41.